The van der Waals surface area contributed by atoms with E-state index in [0.29, 0.717) is 31.0 Å². The van der Waals surface area contributed by atoms with Gasteiger partial charge in [-0.25, -0.2) is 0 Å². The van der Waals surface area contributed by atoms with E-state index < -0.39 is 0 Å². The second-order valence-corrected chi connectivity index (χ2v) is 4.99. The Morgan fingerprint density at radius 1 is 1.22 bits per heavy atom. The highest BCUT2D eigenvalue weighted by Gasteiger charge is 2.12. The van der Waals surface area contributed by atoms with Crippen molar-refractivity contribution >= 4 is 5.91 Å². The molecule has 0 bridgehead atoms. The number of ether oxygens (including phenoxy) is 2. The van der Waals surface area contributed by atoms with Gasteiger partial charge in [-0.15, -0.1) is 0 Å². The van der Waals surface area contributed by atoms with Crippen molar-refractivity contribution in [2.45, 2.75) is 6.54 Å². The van der Waals surface area contributed by atoms with Crippen LogP contribution in [0, 0.1) is 0 Å². The summed E-state index contributed by atoms with van der Waals surface area (Å²) in [5.41, 5.74) is 6.81. The zero-order valence-electron chi connectivity index (χ0n) is 13.4. The second kappa shape index (κ2) is 8.14. The van der Waals surface area contributed by atoms with Crippen LogP contribution in [0.1, 0.15) is 16.1 Å². The number of rotatable bonds is 7. The lowest BCUT2D eigenvalue weighted by molar-refractivity contribution is 0.0773. The number of nitrogens with zero attached hydrogens (tertiary/aromatic N) is 2. The Morgan fingerprint density at radius 2 is 1.91 bits per heavy atom. The fraction of sp³-hybridized carbons (Fsp3) is 0.294. The first-order chi connectivity index (χ1) is 11.1. The van der Waals surface area contributed by atoms with Gasteiger partial charge in [0.15, 0.2) is 0 Å². The molecule has 0 saturated carbocycles. The first kappa shape index (κ1) is 16.8. The van der Waals surface area contributed by atoms with Crippen molar-refractivity contribution in [1.29, 1.82) is 0 Å². The largest absolute Gasteiger partial charge is 0.497 e. The number of carbonyl (C=O) groups is 1. The highest BCUT2D eigenvalue weighted by atomic mass is 16.5. The number of hydrogen-bond acceptors (Lipinski definition) is 5. The van der Waals surface area contributed by atoms with Gasteiger partial charge in [0.1, 0.15) is 18.1 Å². The zero-order valence-corrected chi connectivity index (χ0v) is 13.4. The summed E-state index contributed by atoms with van der Waals surface area (Å²) in [5.74, 6) is 1.43. The maximum Gasteiger partial charge on any atom is 0.253 e. The molecule has 0 saturated heterocycles. The minimum atomic E-state index is -0.0829. The minimum absolute atomic E-state index is 0.0829. The van der Waals surface area contributed by atoms with E-state index in [0.717, 1.165) is 11.5 Å². The van der Waals surface area contributed by atoms with Gasteiger partial charge in [-0.2, -0.15) is 0 Å². The van der Waals surface area contributed by atoms with E-state index in [2.05, 4.69) is 4.98 Å². The van der Waals surface area contributed by atoms with Gasteiger partial charge in [-0.3, -0.25) is 9.78 Å². The zero-order chi connectivity index (χ0) is 16.7. The summed E-state index contributed by atoms with van der Waals surface area (Å²) in [5, 5.41) is 0. The molecule has 0 fully saturated rings. The SMILES string of the molecule is COc1ccc(OCCN(C)C(=O)c2ccnc(CN)c2)cc1. The molecule has 1 heterocycles. The predicted molar refractivity (Wildman–Crippen MR) is 87.6 cm³/mol. The van der Waals surface area contributed by atoms with Crippen molar-refractivity contribution in [3.8, 4) is 11.5 Å². The first-order valence-electron chi connectivity index (χ1n) is 7.31. The molecule has 1 amide bonds. The summed E-state index contributed by atoms with van der Waals surface area (Å²) in [6.45, 7) is 1.19. The van der Waals surface area contributed by atoms with Crippen molar-refractivity contribution in [3.63, 3.8) is 0 Å². The van der Waals surface area contributed by atoms with E-state index in [4.69, 9.17) is 15.2 Å². The number of benzene rings is 1. The van der Waals surface area contributed by atoms with Crippen LogP contribution in [0.5, 0.6) is 11.5 Å². The monoisotopic (exact) mass is 315 g/mol. The van der Waals surface area contributed by atoms with Gasteiger partial charge in [0, 0.05) is 25.4 Å². The third-order valence-electron chi connectivity index (χ3n) is 3.37. The Bertz CT molecular complexity index is 644. The summed E-state index contributed by atoms with van der Waals surface area (Å²) in [4.78, 5) is 18.0. The number of methoxy groups -OCH3 is 1. The number of hydrogen-bond donors (Lipinski definition) is 1. The molecule has 2 rings (SSSR count). The molecule has 0 aliphatic carbocycles. The lowest BCUT2D eigenvalue weighted by Gasteiger charge is -2.18. The predicted octanol–water partition coefficient (Wildman–Crippen LogP) is 1.70. The van der Waals surface area contributed by atoms with E-state index >= 15 is 0 Å². The van der Waals surface area contributed by atoms with Crippen LogP contribution in [-0.4, -0.2) is 43.1 Å². The molecule has 0 spiro atoms. The maximum absolute atomic E-state index is 12.3. The van der Waals surface area contributed by atoms with E-state index in [1.54, 1.807) is 37.4 Å². The summed E-state index contributed by atoms with van der Waals surface area (Å²) >= 11 is 0. The smallest absolute Gasteiger partial charge is 0.253 e. The molecule has 122 valence electrons. The van der Waals surface area contributed by atoms with E-state index in [1.807, 2.05) is 24.3 Å². The van der Waals surface area contributed by atoms with Gasteiger partial charge >= 0.3 is 0 Å². The standard InChI is InChI=1S/C17H21N3O3/c1-20(17(21)13-7-8-19-14(11-13)12-18)9-10-23-16-5-3-15(22-2)4-6-16/h3-8,11H,9-10,12,18H2,1-2H3. The second-order valence-electron chi connectivity index (χ2n) is 4.99. The fourth-order valence-corrected chi connectivity index (χ4v) is 2.02. The van der Waals surface area contributed by atoms with Gasteiger partial charge in [0.25, 0.3) is 5.91 Å². The molecule has 0 atom stereocenters. The Kier molecular flexibility index (Phi) is 5.94. The number of carbonyl (C=O) groups excluding carboxylic acids is 1. The normalized spacial score (nSPS) is 10.2. The van der Waals surface area contributed by atoms with Crippen molar-refractivity contribution in [3.05, 3.63) is 53.9 Å². The van der Waals surface area contributed by atoms with Crippen molar-refractivity contribution in [2.75, 3.05) is 27.3 Å². The van der Waals surface area contributed by atoms with Gasteiger partial charge in [0.2, 0.25) is 0 Å². The van der Waals surface area contributed by atoms with E-state index in [1.165, 1.54) is 0 Å². The summed E-state index contributed by atoms with van der Waals surface area (Å²) in [6, 6.07) is 10.7. The van der Waals surface area contributed by atoms with Crippen LogP contribution in [0.2, 0.25) is 0 Å². The van der Waals surface area contributed by atoms with Crippen LogP contribution in [0.3, 0.4) is 0 Å². The van der Waals surface area contributed by atoms with Crippen LogP contribution < -0.4 is 15.2 Å². The van der Waals surface area contributed by atoms with Crippen molar-refractivity contribution < 1.29 is 14.3 Å². The average molecular weight is 315 g/mol. The Balaban J connectivity index is 1.85. The van der Waals surface area contributed by atoms with E-state index in [9.17, 15) is 4.79 Å². The van der Waals surface area contributed by atoms with Crippen molar-refractivity contribution in [2.24, 2.45) is 5.73 Å². The van der Waals surface area contributed by atoms with Gasteiger partial charge in [0.05, 0.1) is 19.3 Å². The van der Waals surface area contributed by atoms with E-state index in [-0.39, 0.29) is 5.91 Å². The van der Waals surface area contributed by atoms with Crippen LogP contribution in [0.25, 0.3) is 0 Å². The molecular weight excluding hydrogens is 294 g/mol. The lowest BCUT2D eigenvalue weighted by atomic mass is 10.2. The fourth-order valence-electron chi connectivity index (χ4n) is 2.02. The van der Waals surface area contributed by atoms with Gasteiger partial charge in [-0.05, 0) is 36.4 Å². The lowest BCUT2D eigenvalue weighted by Crippen LogP contribution is -2.31. The third-order valence-corrected chi connectivity index (χ3v) is 3.37. The molecule has 23 heavy (non-hydrogen) atoms. The molecule has 6 nitrogen and oxygen atoms in total. The van der Waals surface area contributed by atoms with Gasteiger partial charge < -0.3 is 20.1 Å². The number of pyridine rings is 1. The number of aromatic nitrogens is 1. The minimum Gasteiger partial charge on any atom is -0.497 e. The molecular formula is C17H21N3O3. The molecule has 6 heteroatoms. The van der Waals surface area contributed by atoms with Crippen LogP contribution in [0.15, 0.2) is 42.6 Å². The quantitative estimate of drug-likeness (QED) is 0.841. The highest BCUT2D eigenvalue weighted by molar-refractivity contribution is 5.94. The molecule has 0 aliphatic rings. The Labute approximate surface area is 135 Å². The molecule has 1 aromatic carbocycles. The number of likely N-dealkylation sites (N-methyl/N-ethyl adjacent to an activating group) is 1. The number of nitrogens with two attached hydrogens (primary N) is 1. The first-order valence-corrected chi connectivity index (χ1v) is 7.31. The third kappa shape index (κ3) is 4.69. The number of amides is 1. The average Bonchev–Trinajstić information content (AvgIpc) is 2.61. The van der Waals surface area contributed by atoms with Crippen LogP contribution in [-0.2, 0) is 6.54 Å². The summed E-state index contributed by atoms with van der Waals surface area (Å²) in [7, 11) is 3.36. The van der Waals surface area contributed by atoms with Crippen LogP contribution in [0.4, 0.5) is 0 Å². The molecule has 2 aromatic rings. The molecule has 0 unspecified atom stereocenters. The highest BCUT2D eigenvalue weighted by Crippen LogP contribution is 2.16. The van der Waals surface area contributed by atoms with Gasteiger partial charge in [-0.1, -0.05) is 0 Å². The maximum atomic E-state index is 12.3. The van der Waals surface area contributed by atoms with Crippen LogP contribution >= 0.6 is 0 Å². The Morgan fingerprint density at radius 3 is 2.57 bits per heavy atom. The summed E-state index contributed by atoms with van der Waals surface area (Å²) in [6.07, 6.45) is 1.59. The van der Waals surface area contributed by atoms with Crippen molar-refractivity contribution in [1.82, 2.24) is 9.88 Å². The topological polar surface area (TPSA) is 77.7 Å². The summed E-state index contributed by atoms with van der Waals surface area (Å²) < 4.78 is 10.7. The molecule has 0 radical (unpaired) electrons. The molecule has 0 aliphatic heterocycles. The molecule has 1 aromatic heterocycles. The Hall–Kier alpha value is -2.60. The molecule has 2 N–H and O–H groups in total.